The van der Waals surface area contributed by atoms with Crippen molar-refractivity contribution in [2.24, 2.45) is 22.6 Å². The molecule has 0 aromatic heterocycles. The highest BCUT2D eigenvalue weighted by Gasteiger charge is 2.04. The van der Waals surface area contributed by atoms with Gasteiger partial charge in [0.15, 0.2) is 0 Å². The van der Waals surface area contributed by atoms with E-state index < -0.39 is 0 Å². The molecule has 104 valence electrons. The Kier molecular flexibility index (Phi) is 5.85. The zero-order valence-corrected chi connectivity index (χ0v) is 11.5. The summed E-state index contributed by atoms with van der Waals surface area (Å²) in [5, 5.41) is 6.34. The van der Waals surface area contributed by atoms with Gasteiger partial charge in [0.1, 0.15) is 5.84 Å². The molecule has 0 aliphatic carbocycles. The minimum Gasteiger partial charge on any atom is -0.382 e. The predicted octanol–water partition coefficient (Wildman–Crippen LogP) is 1.32. The Balaban J connectivity index is 2.52. The number of amidine groups is 1. The zero-order valence-electron chi connectivity index (χ0n) is 11.5. The summed E-state index contributed by atoms with van der Waals surface area (Å²) >= 11 is 0. The van der Waals surface area contributed by atoms with Crippen molar-refractivity contribution in [2.45, 2.75) is 33.2 Å². The molecule has 0 saturated heterocycles. The van der Waals surface area contributed by atoms with Gasteiger partial charge in [-0.2, -0.15) is 5.10 Å². The van der Waals surface area contributed by atoms with Crippen LogP contribution in [0.3, 0.4) is 0 Å². The van der Waals surface area contributed by atoms with Crippen LogP contribution < -0.4 is 16.9 Å². The Morgan fingerprint density at radius 3 is 2.79 bits per heavy atom. The van der Waals surface area contributed by atoms with Crippen molar-refractivity contribution >= 4 is 11.7 Å². The largest absolute Gasteiger partial charge is 0.382 e. The summed E-state index contributed by atoms with van der Waals surface area (Å²) < 4.78 is 0. The number of hydrogen-bond acceptors (Lipinski definition) is 3. The van der Waals surface area contributed by atoms with Gasteiger partial charge < -0.3 is 16.9 Å². The van der Waals surface area contributed by atoms with Gasteiger partial charge in [-0.25, -0.2) is 0 Å². The van der Waals surface area contributed by atoms with Crippen LogP contribution in [0.4, 0.5) is 0 Å². The third-order valence-electron chi connectivity index (χ3n) is 2.80. The fourth-order valence-corrected chi connectivity index (χ4v) is 1.62. The van der Waals surface area contributed by atoms with Crippen molar-refractivity contribution in [3.63, 3.8) is 0 Å². The fraction of sp³-hybridized carbons (Fsp3) is 0.429. The van der Waals surface area contributed by atoms with Gasteiger partial charge in [0, 0.05) is 18.5 Å². The minimum atomic E-state index is 0.0690. The van der Waals surface area contributed by atoms with Gasteiger partial charge in [0.2, 0.25) is 5.91 Å². The van der Waals surface area contributed by atoms with Gasteiger partial charge in [-0.05, 0) is 24.0 Å². The van der Waals surface area contributed by atoms with Crippen LogP contribution >= 0.6 is 0 Å². The first-order valence-electron chi connectivity index (χ1n) is 6.42. The maximum atomic E-state index is 11.6. The topological polar surface area (TPSA) is 93.5 Å². The summed E-state index contributed by atoms with van der Waals surface area (Å²) in [5.74, 6) is 6.03. The van der Waals surface area contributed by atoms with E-state index in [0.29, 0.717) is 18.9 Å². The van der Waals surface area contributed by atoms with E-state index in [1.54, 1.807) is 0 Å². The van der Waals surface area contributed by atoms with E-state index in [2.05, 4.69) is 24.3 Å². The van der Waals surface area contributed by atoms with Crippen LogP contribution in [-0.2, 0) is 11.3 Å². The summed E-state index contributed by atoms with van der Waals surface area (Å²) in [6.07, 6.45) is 1.46. The molecule has 19 heavy (non-hydrogen) atoms. The fourth-order valence-electron chi connectivity index (χ4n) is 1.62. The molecule has 0 heterocycles. The van der Waals surface area contributed by atoms with Gasteiger partial charge in [-0.15, -0.1) is 0 Å². The quantitative estimate of drug-likeness (QED) is 0.312. The third kappa shape index (κ3) is 5.42. The number of hydrazone groups is 1. The van der Waals surface area contributed by atoms with Crippen LogP contribution in [0, 0.1) is 5.92 Å². The van der Waals surface area contributed by atoms with Gasteiger partial charge in [0.25, 0.3) is 0 Å². The molecule has 0 atom stereocenters. The average Bonchev–Trinajstić information content (AvgIpc) is 2.42. The van der Waals surface area contributed by atoms with E-state index in [4.69, 9.17) is 11.6 Å². The van der Waals surface area contributed by atoms with Gasteiger partial charge >= 0.3 is 0 Å². The number of carbonyl (C=O) groups is 1. The summed E-state index contributed by atoms with van der Waals surface area (Å²) in [5.41, 5.74) is 7.37. The monoisotopic (exact) mass is 262 g/mol. The molecule has 5 N–H and O–H groups in total. The van der Waals surface area contributed by atoms with Gasteiger partial charge in [-0.1, -0.05) is 32.0 Å². The van der Waals surface area contributed by atoms with E-state index in [0.717, 1.165) is 17.5 Å². The summed E-state index contributed by atoms with van der Waals surface area (Å²) in [6.45, 7) is 4.69. The number of amides is 1. The normalized spacial score (nSPS) is 11.6. The molecule has 5 heteroatoms. The molecule has 1 amide bonds. The highest BCUT2D eigenvalue weighted by molar-refractivity contribution is 5.97. The first-order valence-corrected chi connectivity index (χ1v) is 6.42. The van der Waals surface area contributed by atoms with Crippen molar-refractivity contribution in [1.29, 1.82) is 0 Å². The molecule has 1 rings (SSSR count). The van der Waals surface area contributed by atoms with E-state index >= 15 is 0 Å². The number of nitrogens with zero attached hydrogens (tertiary/aromatic N) is 1. The lowest BCUT2D eigenvalue weighted by molar-refractivity contribution is -0.121. The second kappa shape index (κ2) is 7.41. The van der Waals surface area contributed by atoms with Crippen molar-refractivity contribution in [1.82, 2.24) is 5.32 Å². The molecule has 1 aromatic carbocycles. The number of benzene rings is 1. The number of rotatable bonds is 6. The lowest BCUT2D eigenvalue weighted by Crippen LogP contribution is -2.23. The Hall–Kier alpha value is -2.04. The molecule has 0 spiro atoms. The molecule has 0 aliphatic rings. The molecule has 1 aromatic rings. The second-order valence-corrected chi connectivity index (χ2v) is 4.92. The molecular weight excluding hydrogens is 240 g/mol. The van der Waals surface area contributed by atoms with Crippen LogP contribution in [0.2, 0.25) is 0 Å². The van der Waals surface area contributed by atoms with E-state index in [9.17, 15) is 4.79 Å². The van der Waals surface area contributed by atoms with Crippen molar-refractivity contribution in [3.05, 3.63) is 35.4 Å². The maximum Gasteiger partial charge on any atom is 0.220 e. The summed E-state index contributed by atoms with van der Waals surface area (Å²) in [6, 6.07) is 7.49. The average molecular weight is 262 g/mol. The Labute approximate surface area is 114 Å². The number of nitrogens with two attached hydrogens (primary N) is 2. The highest BCUT2D eigenvalue weighted by Crippen LogP contribution is 2.06. The molecule has 0 bridgehead atoms. The van der Waals surface area contributed by atoms with E-state index in [1.165, 1.54) is 0 Å². The maximum absolute atomic E-state index is 11.6. The van der Waals surface area contributed by atoms with Crippen LogP contribution in [0.1, 0.15) is 37.8 Å². The molecule has 0 saturated carbocycles. The predicted molar refractivity (Wildman–Crippen MR) is 77.3 cm³/mol. The molecular formula is C14H22N4O. The van der Waals surface area contributed by atoms with Crippen molar-refractivity contribution < 1.29 is 4.79 Å². The van der Waals surface area contributed by atoms with E-state index in [-0.39, 0.29) is 11.7 Å². The zero-order chi connectivity index (χ0) is 14.3. The van der Waals surface area contributed by atoms with Crippen LogP contribution in [0.25, 0.3) is 0 Å². The number of carbonyl (C=O) groups excluding carboxylic acids is 1. The highest BCUT2D eigenvalue weighted by atomic mass is 16.1. The summed E-state index contributed by atoms with van der Waals surface area (Å²) in [4.78, 5) is 11.6. The Bertz CT molecular complexity index is 455. The SMILES string of the molecule is CC(C)CCC(=O)NCc1cccc(/C(N)=N/N)c1. The van der Waals surface area contributed by atoms with Gasteiger partial charge in [0.05, 0.1) is 0 Å². The first kappa shape index (κ1) is 15.0. The lowest BCUT2D eigenvalue weighted by Gasteiger charge is -2.08. The standard InChI is InChI=1S/C14H22N4O/c1-10(2)6-7-13(19)17-9-11-4-3-5-12(8-11)14(15)18-16/h3-5,8,10H,6-7,9,16H2,1-2H3,(H2,15,18)(H,17,19). The second-order valence-electron chi connectivity index (χ2n) is 4.92. The number of hydrogen-bond donors (Lipinski definition) is 3. The van der Waals surface area contributed by atoms with Crippen LogP contribution in [0.5, 0.6) is 0 Å². The van der Waals surface area contributed by atoms with Crippen LogP contribution in [-0.4, -0.2) is 11.7 Å². The summed E-state index contributed by atoms with van der Waals surface area (Å²) in [7, 11) is 0. The minimum absolute atomic E-state index is 0.0690. The molecule has 0 unspecified atom stereocenters. The van der Waals surface area contributed by atoms with Gasteiger partial charge in [-0.3, -0.25) is 4.79 Å². The van der Waals surface area contributed by atoms with Crippen molar-refractivity contribution in [3.8, 4) is 0 Å². The molecule has 0 fully saturated rings. The lowest BCUT2D eigenvalue weighted by atomic mass is 10.1. The third-order valence-corrected chi connectivity index (χ3v) is 2.80. The molecule has 0 aliphatic heterocycles. The Morgan fingerprint density at radius 2 is 2.16 bits per heavy atom. The number of nitrogens with one attached hydrogen (secondary N) is 1. The first-order chi connectivity index (χ1) is 9.02. The molecule has 0 radical (unpaired) electrons. The van der Waals surface area contributed by atoms with Crippen molar-refractivity contribution in [2.75, 3.05) is 0 Å². The van der Waals surface area contributed by atoms with Crippen LogP contribution in [0.15, 0.2) is 29.4 Å². The smallest absolute Gasteiger partial charge is 0.220 e. The Morgan fingerprint density at radius 1 is 1.42 bits per heavy atom. The van der Waals surface area contributed by atoms with E-state index in [1.807, 2.05) is 24.3 Å². The molecule has 5 nitrogen and oxygen atoms in total.